The first-order valence-corrected chi connectivity index (χ1v) is 9.07. The van der Waals surface area contributed by atoms with Gasteiger partial charge >= 0.3 is 0 Å². The minimum atomic E-state index is -0.673. The van der Waals surface area contributed by atoms with Crippen LogP contribution in [-0.4, -0.2) is 34.0 Å². The first-order chi connectivity index (χ1) is 12.9. The van der Waals surface area contributed by atoms with Crippen LogP contribution in [-0.2, 0) is 9.59 Å². The van der Waals surface area contributed by atoms with Crippen molar-refractivity contribution in [2.24, 2.45) is 5.92 Å². The summed E-state index contributed by atoms with van der Waals surface area (Å²) in [5, 5.41) is 2.75. The van der Waals surface area contributed by atoms with Gasteiger partial charge in [-0.2, -0.15) is 0 Å². The number of hydrogen-bond acceptors (Lipinski definition) is 5. The molecule has 140 valence electrons. The zero-order valence-corrected chi connectivity index (χ0v) is 15.8. The van der Waals surface area contributed by atoms with Crippen molar-refractivity contribution in [3.8, 4) is 0 Å². The largest absolute Gasteiger partial charge is 0.351 e. The van der Waals surface area contributed by atoms with Crippen LogP contribution in [0.2, 0.25) is 0 Å². The molecule has 1 aliphatic rings. The van der Waals surface area contributed by atoms with E-state index in [9.17, 15) is 14.4 Å². The Balaban J connectivity index is 1.66. The van der Waals surface area contributed by atoms with Crippen molar-refractivity contribution in [2.45, 2.75) is 39.5 Å². The van der Waals surface area contributed by atoms with E-state index < -0.39 is 5.92 Å². The van der Waals surface area contributed by atoms with E-state index in [1.165, 1.54) is 18.6 Å². The molecule has 0 bridgehead atoms. The van der Waals surface area contributed by atoms with Crippen LogP contribution in [0, 0.1) is 26.7 Å². The Morgan fingerprint density at radius 1 is 1.19 bits per heavy atom. The molecule has 1 heterocycles. The van der Waals surface area contributed by atoms with E-state index in [-0.39, 0.29) is 35.5 Å². The maximum atomic E-state index is 12.9. The molecule has 1 amide bonds. The molecule has 3 rings (SSSR count). The van der Waals surface area contributed by atoms with Gasteiger partial charge in [0.1, 0.15) is 23.7 Å². The minimum absolute atomic E-state index is 0.0258. The second kappa shape index (κ2) is 7.78. The Morgan fingerprint density at radius 2 is 1.89 bits per heavy atom. The van der Waals surface area contributed by atoms with Crippen LogP contribution in [0.25, 0.3) is 0 Å². The van der Waals surface area contributed by atoms with Crippen molar-refractivity contribution in [1.29, 1.82) is 0 Å². The summed E-state index contributed by atoms with van der Waals surface area (Å²) in [6, 6.07) is 5.55. The van der Waals surface area contributed by atoms with Gasteiger partial charge in [0.05, 0.1) is 0 Å². The Kier molecular flexibility index (Phi) is 5.44. The molecule has 0 saturated heterocycles. The second-order valence-corrected chi connectivity index (χ2v) is 7.15. The summed E-state index contributed by atoms with van der Waals surface area (Å²) in [5.41, 5.74) is 4.22. The third-order valence-electron chi connectivity index (χ3n) is 5.08. The summed E-state index contributed by atoms with van der Waals surface area (Å²) in [5.74, 6) is -1.40. The van der Waals surface area contributed by atoms with E-state index in [0.29, 0.717) is 13.0 Å². The lowest BCUT2D eigenvalue weighted by molar-refractivity contribution is -0.124. The summed E-state index contributed by atoms with van der Waals surface area (Å²) in [7, 11) is 0. The van der Waals surface area contributed by atoms with Crippen molar-refractivity contribution in [1.82, 2.24) is 15.3 Å². The van der Waals surface area contributed by atoms with Gasteiger partial charge in [0.15, 0.2) is 5.78 Å². The van der Waals surface area contributed by atoms with Crippen molar-refractivity contribution in [2.75, 3.05) is 6.54 Å². The quantitative estimate of drug-likeness (QED) is 0.822. The highest BCUT2D eigenvalue weighted by Crippen LogP contribution is 2.37. The number of ketones is 2. The SMILES string of the molecule is Cc1cc(C)c(C2C(=O)CC(CCNC(=O)c3ccncn3)C2=O)c(C)c1. The molecule has 1 fully saturated rings. The van der Waals surface area contributed by atoms with Gasteiger partial charge in [0.25, 0.3) is 5.91 Å². The predicted molar refractivity (Wildman–Crippen MR) is 100 cm³/mol. The van der Waals surface area contributed by atoms with E-state index in [1.807, 2.05) is 32.9 Å². The van der Waals surface area contributed by atoms with Gasteiger partial charge in [-0.05, 0) is 49.9 Å². The van der Waals surface area contributed by atoms with Crippen molar-refractivity contribution >= 4 is 17.5 Å². The van der Waals surface area contributed by atoms with Gasteiger partial charge in [-0.1, -0.05) is 17.7 Å². The Morgan fingerprint density at radius 3 is 2.52 bits per heavy atom. The Bertz CT molecular complexity index is 870. The number of nitrogens with zero attached hydrogens (tertiary/aromatic N) is 2. The molecule has 1 N–H and O–H groups in total. The number of Topliss-reactive ketones (excluding diaryl/α,β-unsaturated/α-hetero) is 2. The highest BCUT2D eigenvalue weighted by molar-refractivity contribution is 6.15. The van der Waals surface area contributed by atoms with E-state index in [2.05, 4.69) is 15.3 Å². The van der Waals surface area contributed by atoms with Crippen LogP contribution in [0.15, 0.2) is 30.7 Å². The molecule has 2 aromatic rings. The lowest BCUT2D eigenvalue weighted by Crippen LogP contribution is -2.28. The highest BCUT2D eigenvalue weighted by atomic mass is 16.2. The van der Waals surface area contributed by atoms with Crippen molar-refractivity contribution in [3.63, 3.8) is 0 Å². The van der Waals surface area contributed by atoms with Gasteiger partial charge < -0.3 is 5.32 Å². The summed E-state index contributed by atoms with van der Waals surface area (Å²) < 4.78 is 0. The van der Waals surface area contributed by atoms with Crippen LogP contribution in [0.4, 0.5) is 0 Å². The molecule has 1 aromatic heterocycles. The number of carbonyl (C=O) groups excluding carboxylic acids is 3. The number of rotatable bonds is 5. The number of hydrogen-bond donors (Lipinski definition) is 1. The van der Waals surface area contributed by atoms with Crippen molar-refractivity contribution in [3.05, 3.63) is 58.7 Å². The van der Waals surface area contributed by atoms with Gasteiger partial charge in [-0.15, -0.1) is 0 Å². The van der Waals surface area contributed by atoms with Crippen molar-refractivity contribution < 1.29 is 14.4 Å². The molecule has 6 nitrogen and oxygen atoms in total. The summed E-state index contributed by atoms with van der Waals surface area (Å²) >= 11 is 0. The molecule has 1 saturated carbocycles. The van der Waals surface area contributed by atoms with Gasteiger partial charge in [-0.3, -0.25) is 14.4 Å². The number of benzene rings is 1. The summed E-state index contributed by atoms with van der Waals surface area (Å²) in [6.07, 6.45) is 3.49. The lowest BCUT2D eigenvalue weighted by Gasteiger charge is -2.16. The zero-order chi connectivity index (χ0) is 19.6. The number of amides is 1. The Labute approximate surface area is 158 Å². The standard InChI is InChI=1S/C21H23N3O3/c1-12-8-13(2)18(14(3)9-12)19-17(25)10-15(20(19)26)4-7-23-21(27)16-5-6-22-11-24-16/h5-6,8-9,11,15,19H,4,7,10H2,1-3H3,(H,23,27). The monoisotopic (exact) mass is 365 g/mol. The smallest absolute Gasteiger partial charge is 0.270 e. The molecular formula is C21H23N3O3. The number of nitrogens with one attached hydrogen (secondary N) is 1. The number of carbonyl (C=O) groups is 3. The lowest BCUT2D eigenvalue weighted by atomic mass is 9.86. The van der Waals surface area contributed by atoms with Crippen LogP contribution in [0.5, 0.6) is 0 Å². The van der Waals surface area contributed by atoms with E-state index in [4.69, 9.17) is 0 Å². The van der Waals surface area contributed by atoms with E-state index in [1.54, 1.807) is 0 Å². The molecule has 2 atom stereocenters. The highest BCUT2D eigenvalue weighted by Gasteiger charge is 2.42. The predicted octanol–water partition coefficient (Wildman–Crippen LogP) is 2.46. The van der Waals surface area contributed by atoms with Crippen LogP contribution >= 0.6 is 0 Å². The van der Waals surface area contributed by atoms with Crippen LogP contribution < -0.4 is 5.32 Å². The molecule has 2 unspecified atom stereocenters. The first-order valence-electron chi connectivity index (χ1n) is 9.07. The first kappa shape index (κ1) is 18.9. The average Bonchev–Trinajstić information content (AvgIpc) is 2.89. The van der Waals surface area contributed by atoms with E-state index >= 15 is 0 Å². The molecule has 27 heavy (non-hydrogen) atoms. The molecule has 0 radical (unpaired) electrons. The third kappa shape index (κ3) is 3.94. The maximum Gasteiger partial charge on any atom is 0.270 e. The molecule has 0 spiro atoms. The normalized spacial score (nSPS) is 19.4. The fraction of sp³-hybridized carbons (Fsp3) is 0.381. The number of aromatic nitrogens is 2. The molecule has 6 heteroatoms. The molecule has 1 aromatic carbocycles. The van der Waals surface area contributed by atoms with Gasteiger partial charge in [0, 0.05) is 25.1 Å². The van der Waals surface area contributed by atoms with E-state index in [0.717, 1.165) is 22.3 Å². The summed E-state index contributed by atoms with van der Waals surface area (Å²) in [6.45, 7) is 6.23. The second-order valence-electron chi connectivity index (χ2n) is 7.15. The Hall–Kier alpha value is -2.89. The molecule has 0 aliphatic heterocycles. The molecule has 1 aliphatic carbocycles. The topological polar surface area (TPSA) is 89.0 Å². The van der Waals surface area contributed by atoms with Crippen LogP contribution in [0.1, 0.15) is 51.5 Å². The van der Waals surface area contributed by atoms with Crippen LogP contribution in [0.3, 0.4) is 0 Å². The average molecular weight is 365 g/mol. The fourth-order valence-corrected chi connectivity index (χ4v) is 3.93. The third-order valence-corrected chi connectivity index (χ3v) is 5.08. The zero-order valence-electron chi connectivity index (χ0n) is 15.8. The fourth-order valence-electron chi connectivity index (χ4n) is 3.93. The maximum absolute atomic E-state index is 12.9. The minimum Gasteiger partial charge on any atom is -0.351 e. The number of aryl methyl sites for hydroxylation is 3. The molecular weight excluding hydrogens is 342 g/mol. The summed E-state index contributed by atoms with van der Waals surface area (Å²) in [4.78, 5) is 45.2. The van der Waals surface area contributed by atoms with Gasteiger partial charge in [0.2, 0.25) is 0 Å². The van der Waals surface area contributed by atoms with Gasteiger partial charge in [-0.25, -0.2) is 9.97 Å².